The molecular weight excluding hydrogens is 284 g/mol. The van der Waals surface area contributed by atoms with E-state index in [-0.39, 0.29) is 0 Å². The van der Waals surface area contributed by atoms with Crippen molar-refractivity contribution in [1.82, 2.24) is 0 Å². The lowest BCUT2D eigenvalue weighted by Gasteiger charge is -2.21. The zero-order chi connectivity index (χ0) is 16.7. The number of anilines is 2. The molecule has 2 aromatic carbocycles. The van der Waals surface area contributed by atoms with Crippen LogP contribution in [-0.4, -0.2) is 26.2 Å². The number of benzene rings is 2. The van der Waals surface area contributed by atoms with Crippen molar-refractivity contribution in [3.05, 3.63) is 53.6 Å². The highest BCUT2D eigenvalue weighted by molar-refractivity contribution is 5.55. The Kier molecular flexibility index (Phi) is 6.33. The molecule has 0 saturated heterocycles. The van der Waals surface area contributed by atoms with Gasteiger partial charge in [0.05, 0.1) is 0 Å². The van der Waals surface area contributed by atoms with E-state index in [4.69, 9.17) is 4.74 Å². The molecule has 3 nitrogen and oxygen atoms in total. The Morgan fingerprint density at radius 2 is 1.52 bits per heavy atom. The Bertz CT molecular complexity index is 583. The number of aryl methyl sites for hydroxylation is 2. The topological polar surface area (TPSA) is 24.5 Å². The molecule has 23 heavy (non-hydrogen) atoms. The first-order chi connectivity index (χ1) is 11.2. The monoisotopic (exact) mass is 312 g/mol. The third-order valence-corrected chi connectivity index (χ3v) is 4.08. The number of rotatable bonds is 8. The van der Waals surface area contributed by atoms with E-state index in [0.717, 1.165) is 31.1 Å². The molecule has 0 fully saturated rings. The average Bonchev–Trinajstić information content (AvgIpc) is 2.56. The SMILES string of the molecule is CCN(CC)c1ccc(NCCOc2c(C)cccc2C)cc1. The molecule has 0 bridgehead atoms. The van der Waals surface area contributed by atoms with Gasteiger partial charge in [-0.2, -0.15) is 0 Å². The summed E-state index contributed by atoms with van der Waals surface area (Å²) in [4.78, 5) is 2.34. The van der Waals surface area contributed by atoms with Crippen LogP contribution in [0.15, 0.2) is 42.5 Å². The van der Waals surface area contributed by atoms with Crippen LogP contribution in [0, 0.1) is 13.8 Å². The van der Waals surface area contributed by atoms with Gasteiger partial charge in [0.15, 0.2) is 0 Å². The molecular formula is C20H28N2O. The average molecular weight is 312 g/mol. The zero-order valence-electron chi connectivity index (χ0n) is 14.7. The van der Waals surface area contributed by atoms with Gasteiger partial charge in [0.2, 0.25) is 0 Å². The van der Waals surface area contributed by atoms with E-state index < -0.39 is 0 Å². The molecule has 0 radical (unpaired) electrons. The summed E-state index contributed by atoms with van der Waals surface area (Å²) >= 11 is 0. The fourth-order valence-corrected chi connectivity index (χ4v) is 2.75. The third-order valence-electron chi connectivity index (χ3n) is 4.08. The molecule has 0 amide bonds. The minimum absolute atomic E-state index is 0.656. The van der Waals surface area contributed by atoms with E-state index in [1.165, 1.54) is 16.8 Å². The van der Waals surface area contributed by atoms with E-state index >= 15 is 0 Å². The third kappa shape index (κ3) is 4.65. The maximum absolute atomic E-state index is 5.92. The van der Waals surface area contributed by atoms with Crippen LogP contribution in [0.3, 0.4) is 0 Å². The molecule has 0 aromatic heterocycles. The van der Waals surface area contributed by atoms with Gasteiger partial charge in [-0.15, -0.1) is 0 Å². The number of hydrogen-bond acceptors (Lipinski definition) is 3. The highest BCUT2D eigenvalue weighted by atomic mass is 16.5. The molecule has 0 unspecified atom stereocenters. The van der Waals surface area contributed by atoms with Gasteiger partial charge < -0.3 is 15.0 Å². The van der Waals surface area contributed by atoms with Gasteiger partial charge in [-0.1, -0.05) is 18.2 Å². The highest BCUT2D eigenvalue weighted by Gasteiger charge is 2.03. The van der Waals surface area contributed by atoms with Crippen LogP contribution in [0.5, 0.6) is 5.75 Å². The lowest BCUT2D eigenvalue weighted by atomic mass is 10.1. The van der Waals surface area contributed by atoms with Crippen molar-refractivity contribution in [3.8, 4) is 5.75 Å². The van der Waals surface area contributed by atoms with Crippen molar-refractivity contribution in [2.45, 2.75) is 27.7 Å². The summed E-state index contributed by atoms with van der Waals surface area (Å²) in [6.07, 6.45) is 0. The first kappa shape index (κ1) is 17.2. The van der Waals surface area contributed by atoms with Crippen molar-refractivity contribution >= 4 is 11.4 Å². The fourth-order valence-electron chi connectivity index (χ4n) is 2.75. The van der Waals surface area contributed by atoms with Crippen molar-refractivity contribution < 1.29 is 4.74 Å². The molecule has 0 atom stereocenters. The van der Waals surface area contributed by atoms with Crippen molar-refractivity contribution in [3.63, 3.8) is 0 Å². The molecule has 0 aliphatic heterocycles. The lowest BCUT2D eigenvalue weighted by molar-refractivity contribution is 0.328. The number of para-hydroxylation sites is 1. The lowest BCUT2D eigenvalue weighted by Crippen LogP contribution is -2.21. The fraction of sp³-hybridized carbons (Fsp3) is 0.400. The summed E-state index contributed by atoms with van der Waals surface area (Å²) in [6, 6.07) is 14.8. The second kappa shape index (κ2) is 8.47. The van der Waals surface area contributed by atoms with Gasteiger partial charge in [-0.25, -0.2) is 0 Å². The summed E-state index contributed by atoms with van der Waals surface area (Å²) in [6.45, 7) is 12.0. The van der Waals surface area contributed by atoms with Crippen LogP contribution < -0.4 is 15.0 Å². The summed E-state index contributed by atoms with van der Waals surface area (Å²) in [5, 5.41) is 3.41. The van der Waals surface area contributed by atoms with Crippen LogP contribution in [-0.2, 0) is 0 Å². The van der Waals surface area contributed by atoms with Crippen molar-refractivity contribution in [1.29, 1.82) is 0 Å². The first-order valence-electron chi connectivity index (χ1n) is 8.43. The van der Waals surface area contributed by atoms with E-state index in [9.17, 15) is 0 Å². The summed E-state index contributed by atoms with van der Waals surface area (Å²) in [5.41, 5.74) is 4.78. The molecule has 0 aliphatic carbocycles. The molecule has 124 valence electrons. The number of nitrogens with one attached hydrogen (secondary N) is 1. The standard InChI is InChI=1S/C20H28N2O/c1-5-22(6-2)19-12-10-18(11-13-19)21-14-15-23-20-16(3)8-7-9-17(20)4/h7-13,21H,5-6,14-15H2,1-4H3. The van der Waals surface area contributed by atoms with E-state index in [1.807, 2.05) is 0 Å². The molecule has 3 heteroatoms. The summed E-state index contributed by atoms with van der Waals surface area (Å²) in [5.74, 6) is 1.01. The summed E-state index contributed by atoms with van der Waals surface area (Å²) < 4.78 is 5.92. The number of ether oxygens (including phenoxy) is 1. The number of nitrogens with zero attached hydrogens (tertiary/aromatic N) is 1. The molecule has 0 heterocycles. The van der Waals surface area contributed by atoms with Crippen molar-refractivity contribution in [2.24, 2.45) is 0 Å². The quantitative estimate of drug-likeness (QED) is 0.719. The van der Waals surface area contributed by atoms with E-state index in [0.29, 0.717) is 6.61 Å². The predicted molar refractivity (Wildman–Crippen MR) is 99.9 cm³/mol. The molecule has 1 N–H and O–H groups in total. The van der Waals surface area contributed by atoms with E-state index in [2.05, 4.69) is 80.4 Å². The Balaban J connectivity index is 1.82. The van der Waals surface area contributed by atoms with Gasteiger partial charge in [0.1, 0.15) is 12.4 Å². The summed E-state index contributed by atoms with van der Waals surface area (Å²) in [7, 11) is 0. The van der Waals surface area contributed by atoms with Crippen molar-refractivity contribution in [2.75, 3.05) is 36.5 Å². The number of hydrogen-bond donors (Lipinski definition) is 1. The first-order valence-corrected chi connectivity index (χ1v) is 8.43. The smallest absolute Gasteiger partial charge is 0.125 e. The van der Waals surface area contributed by atoms with Gasteiger partial charge >= 0.3 is 0 Å². The van der Waals surface area contributed by atoms with Crippen LogP contribution in [0.2, 0.25) is 0 Å². The van der Waals surface area contributed by atoms with Gasteiger partial charge in [0.25, 0.3) is 0 Å². The van der Waals surface area contributed by atoms with E-state index in [1.54, 1.807) is 0 Å². The predicted octanol–water partition coefficient (Wildman–Crippen LogP) is 4.64. The van der Waals surface area contributed by atoms with Gasteiger partial charge in [-0.3, -0.25) is 0 Å². The highest BCUT2D eigenvalue weighted by Crippen LogP contribution is 2.22. The van der Waals surface area contributed by atoms with Gasteiger partial charge in [0, 0.05) is 31.0 Å². The van der Waals surface area contributed by atoms with Crippen LogP contribution in [0.1, 0.15) is 25.0 Å². The van der Waals surface area contributed by atoms with Crippen LogP contribution in [0.4, 0.5) is 11.4 Å². The molecule has 2 rings (SSSR count). The molecule has 2 aromatic rings. The Labute approximate surface area is 140 Å². The second-order valence-corrected chi connectivity index (χ2v) is 5.72. The van der Waals surface area contributed by atoms with Crippen LogP contribution in [0.25, 0.3) is 0 Å². The second-order valence-electron chi connectivity index (χ2n) is 5.72. The molecule has 0 saturated carbocycles. The largest absolute Gasteiger partial charge is 0.491 e. The Hall–Kier alpha value is -2.16. The van der Waals surface area contributed by atoms with Crippen LogP contribution >= 0.6 is 0 Å². The zero-order valence-corrected chi connectivity index (χ0v) is 14.7. The minimum atomic E-state index is 0.656. The maximum Gasteiger partial charge on any atom is 0.125 e. The van der Waals surface area contributed by atoms with Gasteiger partial charge in [-0.05, 0) is 63.1 Å². The minimum Gasteiger partial charge on any atom is -0.491 e. The maximum atomic E-state index is 5.92. The normalized spacial score (nSPS) is 10.4. The Morgan fingerprint density at radius 3 is 2.09 bits per heavy atom. The molecule has 0 spiro atoms. The Morgan fingerprint density at radius 1 is 0.913 bits per heavy atom. The molecule has 0 aliphatic rings.